The average molecular weight is 531 g/mol. The van der Waals surface area contributed by atoms with E-state index in [9.17, 15) is 18.0 Å². The quantitative estimate of drug-likeness (QED) is 0.350. The van der Waals surface area contributed by atoms with Gasteiger partial charge in [0.15, 0.2) is 0 Å². The highest BCUT2D eigenvalue weighted by Crippen LogP contribution is 2.67. The lowest BCUT2D eigenvalue weighted by Crippen LogP contribution is -2.58. The minimum Gasteiger partial charge on any atom is -0.463 e. The predicted octanol–water partition coefficient (Wildman–Crippen LogP) is 5.86. The first kappa shape index (κ1) is 26.9. The molecule has 0 bridgehead atoms. The Kier molecular flexibility index (Phi) is 6.88. The van der Waals surface area contributed by atoms with Crippen molar-refractivity contribution in [3.05, 3.63) is 29.8 Å². The Morgan fingerprint density at radius 3 is 2.41 bits per heavy atom. The Labute approximate surface area is 222 Å². The molecule has 6 nitrogen and oxygen atoms in total. The van der Waals surface area contributed by atoms with Gasteiger partial charge in [-0.1, -0.05) is 31.5 Å². The highest BCUT2D eigenvalue weighted by atomic mass is 32.2. The Bertz CT molecular complexity index is 1160. The Morgan fingerprint density at radius 2 is 1.73 bits per heavy atom. The fraction of sp³-hybridized carbons (Fsp3) is 0.733. The monoisotopic (exact) mass is 530 g/mol. The van der Waals surface area contributed by atoms with Crippen LogP contribution in [-0.4, -0.2) is 32.4 Å². The van der Waals surface area contributed by atoms with Gasteiger partial charge in [0.1, 0.15) is 11.9 Å². The summed E-state index contributed by atoms with van der Waals surface area (Å²) in [5.74, 6) is 1.34. The maximum atomic E-state index is 14.0. The summed E-state index contributed by atoms with van der Waals surface area (Å²) in [6, 6.07) is 6.76. The normalized spacial score (nSPS) is 40.3. The van der Waals surface area contributed by atoms with Crippen LogP contribution in [0.15, 0.2) is 29.2 Å². The largest absolute Gasteiger partial charge is 0.463 e. The molecular weight excluding hydrogens is 488 g/mol. The molecule has 204 valence electrons. The molecule has 7 heteroatoms. The van der Waals surface area contributed by atoms with Crippen molar-refractivity contribution in [2.45, 2.75) is 103 Å². The number of hydrogen-bond acceptors (Lipinski definition) is 6. The van der Waals surface area contributed by atoms with Gasteiger partial charge in [-0.3, -0.25) is 13.8 Å². The molecule has 9 atom stereocenters. The van der Waals surface area contributed by atoms with E-state index in [1.54, 1.807) is 24.3 Å². The summed E-state index contributed by atoms with van der Waals surface area (Å²) in [6.45, 7) is 9.80. The van der Waals surface area contributed by atoms with E-state index in [0.29, 0.717) is 30.0 Å². The van der Waals surface area contributed by atoms with Gasteiger partial charge in [0.25, 0.3) is 10.1 Å². The molecule has 4 aliphatic rings. The maximum Gasteiger partial charge on any atom is 0.302 e. The van der Waals surface area contributed by atoms with Crippen LogP contribution in [0.25, 0.3) is 0 Å². The van der Waals surface area contributed by atoms with Gasteiger partial charge < -0.3 is 4.74 Å². The maximum absolute atomic E-state index is 14.0. The zero-order valence-electron chi connectivity index (χ0n) is 22.9. The number of carbonyl (C=O) groups is 2. The van der Waals surface area contributed by atoms with Crippen LogP contribution >= 0.6 is 0 Å². The molecule has 0 aliphatic heterocycles. The van der Waals surface area contributed by atoms with Gasteiger partial charge in [-0.15, -0.1) is 0 Å². The van der Waals surface area contributed by atoms with Crippen LogP contribution in [0, 0.1) is 47.3 Å². The molecule has 0 N–H and O–H groups in total. The van der Waals surface area contributed by atoms with Crippen LogP contribution in [-0.2, 0) is 28.6 Å². The Balaban J connectivity index is 1.34. The number of hydrogen-bond donors (Lipinski definition) is 0. The SMILES string of the molecule is CC(=O)O[C@@H]1CC[C@]2(C)[C@H](CC[C@H]3[C@H]2C(=O)C[C@@]2(C)[C@@H]([C@H](C)OS(=O)(=O)c4ccc(C)cc4)CC[C@@H]32)C1. The van der Waals surface area contributed by atoms with Crippen LogP contribution in [0.5, 0.6) is 0 Å². The second-order valence-corrected chi connectivity index (χ2v) is 14.5. The van der Waals surface area contributed by atoms with Gasteiger partial charge in [-0.25, -0.2) is 0 Å². The third-order valence-electron chi connectivity index (χ3n) is 10.9. The summed E-state index contributed by atoms with van der Waals surface area (Å²) in [7, 11) is -3.88. The molecule has 4 fully saturated rings. The zero-order valence-corrected chi connectivity index (χ0v) is 23.7. The number of Topliss-reactive ketones (excluding diaryl/α,β-unsaturated/α-hetero) is 1. The Hall–Kier alpha value is -1.73. The van der Waals surface area contributed by atoms with Crippen molar-refractivity contribution in [2.75, 3.05) is 0 Å². The standard InChI is InChI=1S/C30H42O6S/c1-18-6-9-23(10-7-18)37(33,34)36-19(2)25-12-13-26-24-11-8-21-16-22(35-20(3)31)14-15-29(21,4)28(24)27(32)17-30(25,26)5/h6-7,9-10,19,21-22,24-26,28H,8,11-17H2,1-5H3/t19-,21+,22+,24+,25+,26-,28-,29+,30-/m0/s1. The lowest BCUT2D eigenvalue weighted by Gasteiger charge is -2.60. The van der Waals surface area contributed by atoms with Gasteiger partial charge in [-0.05, 0) is 105 Å². The van der Waals surface area contributed by atoms with Gasteiger partial charge >= 0.3 is 5.97 Å². The predicted molar refractivity (Wildman–Crippen MR) is 140 cm³/mol. The van der Waals surface area contributed by atoms with E-state index >= 15 is 0 Å². The minimum atomic E-state index is -3.88. The summed E-state index contributed by atoms with van der Waals surface area (Å²) in [5, 5.41) is 0. The Morgan fingerprint density at radius 1 is 1.03 bits per heavy atom. The molecule has 4 aliphatic carbocycles. The third-order valence-corrected chi connectivity index (χ3v) is 12.3. The fourth-order valence-electron chi connectivity index (χ4n) is 9.21. The van der Waals surface area contributed by atoms with Crippen molar-refractivity contribution in [3.8, 4) is 0 Å². The van der Waals surface area contributed by atoms with Crippen LogP contribution in [0.1, 0.15) is 84.6 Å². The van der Waals surface area contributed by atoms with E-state index in [4.69, 9.17) is 8.92 Å². The molecule has 0 saturated heterocycles. The first-order valence-electron chi connectivity index (χ1n) is 14.0. The van der Waals surface area contributed by atoms with Crippen LogP contribution in [0.2, 0.25) is 0 Å². The highest BCUT2D eigenvalue weighted by Gasteiger charge is 2.64. The summed E-state index contributed by atoms with van der Waals surface area (Å²) in [5.41, 5.74) is 0.697. The zero-order chi connectivity index (χ0) is 26.8. The number of aryl methyl sites for hydroxylation is 1. The number of rotatable bonds is 5. The van der Waals surface area contributed by atoms with Gasteiger partial charge in [0.05, 0.1) is 11.0 Å². The van der Waals surface area contributed by atoms with Crippen molar-refractivity contribution < 1.29 is 26.9 Å². The van der Waals surface area contributed by atoms with E-state index in [0.717, 1.165) is 50.5 Å². The lowest BCUT2D eigenvalue weighted by molar-refractivity contribution is -0.170. The smallest absolute Gasteiger partial charge is 0.302 e. The van der Waals surface area contributed by atoms with Gasteiger partial charge in [0, 0.05) is 19.3 Å². The molecule has 5 rings (SSSR count). The average Bonchev–Trinajstić information content (AvgIpc) is 3.15. The molecule has 1 aromatic rings. The highest BCUT2D eigenvalue weighted by molar-refractivity contribution is 7.86. The molecule has 0 radical (unpaired) electrons. The third kappa shape index (κ3) is 4.58. The number of carbonyl (C=O) groups excluding carboxylic acids is 2. The second kappa shape index (κ2) is 9.48. The van der Waals surface area contributed by atoms with Crippen LogP contribution in [0.3, 0.4) is 0 Å². The molecule has 0 spiro atoms. The van der Waals surface area contributed by atoms with E-state index in [1.807, 2.05) is 13.8 Å². The van der Waals surface area contributed by atoms with Crippen molar-refractivity contribution in [1.82, 2.24) is 0 Å². The topological polar surface area (TPSA) is 86.7 Å². The number of benzene rings is 1. The van der Waals surface area contributed by atoms with E-state index in [2.05, 4.69) is 13.8 Å². The second-order valence-electron chi connectivity index (χ2n) is 12.9. The molecule has 0 heterocycles. The summed E-state index contributed by atoms with van der Waals surface area (Å²) in [4.78, 5) is 25.7. The van der Waals surface area contributed by atoms with Crippen molar-refractivity contribution in [2.24, 2.45) is 40.4 Å². The molecule has 1 aromatic carbocycles. The van der Waals surface area contributed by atoms with Crippen molar-refractivity contribution in [1.29, 1.82) is 0 Å². The molecule has 37 heavy (non-hydrogen) atoms. The summed E-state index contributed by atoms with van der Waals surface area (Å²) < 4.78 is 37.4. The molecule has 0 aromatic heterocycles. The van der Waals surface area contributed by atoms with E-state index in [1.165, 1.54) is 6.92 Å². The number of ether oxygens (including phenoxy) is 1. The van der Waals surface area contributed by atoms with Crippen LogP contribution in [0.4, 0.5) is 0 Å². The van der Waals surface area contributed by atoms with Gasteiger partial charge in [0.2, 0.25) is 0 Å². The van der Waals surface area contributed by atoms with Crippen molar-refractivity contribution in [3.63, 3.8) is 0 Å². The number of esters is 1. The molecule has 4 saturated carbocycles. The van der Waals surface area contributed by atoms with E-state index in [-0.39, 0.29) is 39.6 Å². The first-order chi connectivity index (χ1) is 17.3. The number of fused-ring (bicyclic) bond motifs is 5. The molecule has 0 unspecified atom stereocenters. The summed E-state index contributed by atoms with van der Waals surface area (Å²) >= 11 is 0. The lowest BCUT2D eigenvalue weighted by atomic mass is 9.44. The van der Waals surface area contributed by atoms with Crippen LogP contribution < -0.4 is 0 Å². The summed E-state index contributed by atoms with van der Waals surface area (Å²) in [6.07, 6.45) is 6.58. The molecule has 0 amide bonds. The fourth-order valence-corrected chi connectivity index (χ4v) is 10.3. The molecular formula is C30H42O6S. The minimum absolute atomic E-state index is 0.0212. The van der Waals surface area contributed by atoms with Crippen molar-refractivity contribution >= 4 is 21.9 Å². The van der Waals surface area contributed by atoms with Gasteiger partial charge in [-0.2, -0.15) is 8.42 Å². The first-order valence-corrected chi connectivity index (χ1v) is 15.5. The van der Waals surface area contributed by atoms with E-state index < -0.39 is 16.2 Å². The number of ketones is 1.